The van der Waals surface area contributed by atoms with Crippen LogP contribution >= 0.6 is 0 Å². The normalized spacial score (nSPS) is 18.0. The van der Waals surface area contributed by atoms with Crippen molar-refractivity contribution in [1.29, 1.82) is 0 Å². The van der Waals surface area contributed by atoms with Crippen LogP contribution in [-0.4, -0.2) is 29.3 Å². The fraction of sp³-hybridized carbons (Fsp3) is 0.391. The van der Waals surface area contributed by atoms with Crippen LogP contribution in [0.1, 0.15) is 59.6 Å². The van der Waals surface area contributed by atoms with Crippen LogP contribution in [0.2, 0.25) is 0 Å². The number of fused-ring (bicyclic) bond motifs is 1. The third-order valence-corrected chi connectivity index (χ3v) is 5.55. The Bertz CT molecular complexity index is 814. The van der Waals surface area contributed by atoms with Crippen molar-refractivity contribution in [3.05, 3.63) is 71.3 Å². The second-order valence-electron chi connectivity index (χ2n) is 7.51. The van der Waals surface area contributed by atoms with E-state index in [1.54, 1.807) is 12.1 Å². The van der Waals surface area contributed by atoms with Gasteiger partial charge in [0.25, 0.3) is 5.91 Å². The Morgan fingerprint density at radius 2 is 1.70 bits per heavy atom. The van der Waals surface area contributed by atoms with Gasteiger partial charge in [0.2, 0.25) is 5.91 Å². The van der Waals surface area contributed by atoms with Gasteiger partial charge in [-0.25, -0.2) is 0 Å². The van der Waals surface area contributed by atoms with E-state index in [9.17, 15) is 9.59 Å². The zero-order chi connectivity index (χ0) is 18.6. The number of amides is 2. The molecule has 1 atom stereocenters. The van der Waals surface area contributed by atoms with Gasteiger partial charge < -0.3 is 10.2 Å². The number of carbonyl (C=O) groups is 2. The molecule has 1 fully saturated rings. The van der Waals surface area contributed by atoms with Gasteiger partial charge in [0.05, 0.1) is 6.04 Å². The Morgan fingerprint density at radius 3 is 2.48 bits per heavy atom. The molecule has 27 heavy (non-hydrogen) atoms. The number of hydrogen-bond donors (Lipinski definition) is 1. The summed E-state index contributed by atoms with van der Waals surface area (Å²) in [6, 6.07) is 18.4. The maximum Gasteiger partial charge on any atom is 0.251 e. The number of aryl methyl sites for hydroxylation is 1. The molecule has 2 aromatic rings. The first-order valence-electron chi connectivity index (χ1n) is 9.96. The minimum Gasteiger partial charge on any atom is -0.352 e. The third-order valence-electron chi connectivity index (χ3n) is 5.55. The number of carbonyl (C=O) groups excluding carboxylic acids is 2. The zero-order valence-electron chi connectivity index (χ0n) is 15.6. The van der Waals surface area contributed by atoms with Crippen molar-refractivity contribution >= 4 is 11.8 Å². The molecule has 0 saturated heterocycles. The Morgan fingerprint density at radius 1 is 0.963 bits per heavy atom. The monoisotopic (exact) mass is 362 g/mol. The van der Waals surface area contributed by atoms with E-state index in [0.717, 1.165) is 25.7 Å². The molecule has 0 heterocycles. The average Bonchev–Trinajstić information content (AvgIpc) is 3.45. The topological polar surface area (TPSA) is 49.4 Å². The molecule has 1 unspecified atom stereocenters. The fourth-order valence-corrected chi connectivity index (χ4v) is 4.07. The van der Waals surface area contributed by atoms with Crippen LogP contribution in [0.5, 0.6) is 0 Å². The number of benzene rings is 2. The van der Waals surface area contributed by atoms with Crippen molar-refractivity contribution < 1.29 is 9.59 Å². The summed E-state index contributed by atoms with van der Waals surface area (Å²) in [6.45, 7) is 0.527. The summed E-state index contributed by atoms with van der Waals surface area (Å²) in [5, 5.41) is 2.91. The predicted molar refractivity (Wildman–Crippen MR) is 105 cm³/mol. The van der Waals surface area contributed by atoms with Crippen molar-refractivity contribution in [3.8, 4) is 0 Å². The van der Waals surface area contributed by atoms with Crippen LogP contribution in [0.25, 0.3) is 0 Å². The summed E-state index contributed by atoms with van der Waals surface area (Å²) >= 11 is 0. The minimum atomic E-state index is -0.0770. The van der Waals surface area contributed by atoms with Crippen molar-refractivity contribution in [2.75, 3.05) is 6.54 Å². The third kappa shape index (κ3) is 4.05. The molecule has 0 spiro atoms. The molecule has 140 valence electrons. The molecule has 4 rings (SSSR count). The van der Waals surface area contributed by atoms with Crippen molar-refractivity contribution in [2.24, 2.45) is 0 Å². The first-order valence-corrected chi connectivity index (χ1v) is 9.96. The first-order chi connectivity index (χ1) is 13.2. The fourth-order valence-electron chi connectivity index (χ4n) is 4.07. The predicted octanol–water partition coefficient (Wildman–Crippen LogP) is 3.88. The minimum absolute atomic E-state index is 0.0770. The molecule has 0 aromatic heterocycles. The van der Waals surface area contributed by atoms with Crippen LogP contribution < -0.4 is 5.32 Å². The molecule has 0 radical (unpaired) electrons. The van der Waals surface area contributed by atoms with Crippen LogP contribution in [0, 0.1) is 0 Å². The second-order valence-corrected chi connectivity index (χ2v) is 7.51. The molecule has 1 N–H and O–H groups in total. The van der Waals surface area contributed by atoms with E-state index < -0.39 is 0 Å². The zero-order valence-corrected chi connectivity index (χ0v) is 15.6. The van der Waals surface area contributed by atoms with Gasteiger partial charge >= 0.3 is 0 Å². The summed E-state index contributed by atoms with van der Waals surface area (Å²) in [7, 11) is 0. The summed E-state index contributed by atoms with van der Waals surface area (Å²) in [4.78, 5) is 27.2. The Labute approximate surface area is 160 Å². The lowest BCUT2D eigenvalue weighted by Gasteiger charge is -2.30. The van der Waals surface area contributed by atoms with Gasteiger partial charge in [-0.3, -0.25) is 9.59 Å². The summed E-state index contributed by atoms with van der Waals surface area (Å²) in [6.07, 6.45) is 5.50. The van der Waals surface area contributed by atoms with E-state index in [0.29, 0.717) is 31.0 Å². The highest BCUT2D eigenvalue weighted by Crippen LogP contribution is 2.42. The molecule has 2 amide bonds. The Kier molecular flexibility index (Phi) is 5.23. The van der Waals surface area contributed by atoms with Gasteiger partial charge in [-0.1, -0.05) is 42.5 Å². The smallest absolute Gasteiger partial charge is 0.251 e. The lowest BCUT2D eigenvalue weighted by molar-refractivity contribution is -0.134. The first kappa shape index (κ1) is 17.8. The van der Waals surface area contributed by atoms with Gasteiger partial charge in [0, 0.05) is 24.6 Å². The molecule has 2 aromatic carbocycles. The molecule has 1 saturated carbocycles. The summed E-state index contributed by atoms with van der Waals surface area (Å²) in [5.74, 6) is 0.153. The average molecular weight is 362 g/mol. The molecular weight excluding hydrogens is 336 g/mol. The highest BCUT2D eigenvalue weighted by Gasteiger charge is 2.39. The number of hydrogen-bond acceptors (Lipinski definition) is 2. The van der Waals surface area contributed by atoms with Crippen LogP contribution in [0.4, 0.5) is 0 Å². The SMILES string of the molecule is O=C(NCCCC(=O)N(C1CC1)C1CCc2ccccc21)c1ccccc1. The maximum atomic E-state index is 12.9. The van der Waals surface area contributed by atoms with E-state index >= 15 is 0 Å². The molecule has 0 aliphatic heterocycles. The maximum absolute atomic E-state index is 12.9. The number of nitrogens with one attached hydrogen (secondary N) is 1. The molecule has 4 heteroatoms. The van der Waals surface area contributed by atoms with Crippen molar-refractivity contribution in [3.63, 3.8) is 0 Å². The van der Waals surface area contributed by atoms with E-state index in [1.807, 2.05) is 18.2 Å². The summed E-state index contributed by atoms with van der Waals surface area (Å²) in [5.41, 5.74) is 3.37. The van der Waals surface area contributed by atoms with Crippen LogP contribution in [0.3, 0.4) is 0 Å². The molecular formula is C23H26N2O2. The standard InChI is InChI=1S/C23H26N2O2/c26-22(11-6-16-24-23(27)18-8-2-1-3-9-18)25(19-13-14-19)21-15-12-17-7-4-5-10-20(17)21/h1-5,7-10,19,21H,6,11-16H2,(H,24,27). The van der Waals surface area contributed by atoms with Crippen LogP contribution in [0.15, 0.2) is 54.6 Å². The van der Waals surface area contributed by atoms with E-state index in [2.05, 4.69) is 34.5 Å². The van der Waals surface area contributed by atoms with Gasteiger partial charge in [-0.05, 0) is 55.4 Å². The quantitative estimate of drug-likeness (QED) is 0.760. The van der Waals surface area contributed by atoms with Gasteiger partial charge in [-0.2, -0.15) is 0 Å². The number of rotatable bonds is 7. The lowest BCUT2D eigenvalue weighted by Crippen LogP contribution is -2.36. The van der Waals surface area contributed by atoms with Crippen molar-refractivity contribution in [1.82, 2.24) is 10.2 Å². The second kappa shape index (κ2) is 7.95. The van der Waals surface area contributed by atoms with E-state index in [1.165, 1.54) is 11.1 Å². The Hall–Kier alpha value is -2.62. The summed E-state index contributed by atoms with van der Waals surface area (Å²) < 4.78 is 0. The highest BCUT2D eigenvalue weighted by molar-refractivity contribution is 5.94. The number of nitrogens with zero attached hydrogens (tertiary/aromatic N) is 1. The van der Waals surface area contributed by atoms with Crippen molar-refractivity contribution in [2.45, 2.75) is 50.6 Å². The highest BCUT2D eigenvalue weighted by atomic mass is 16.2. The molecule has 2 aliphatic rings. The largest absolute Gasteiger partial charge is 0.352 e. The van der Waals surface area contributed by atoms with Gasteiger partial charge in [0.15, 0.2) is 0 Å². The lowest BCUT2D eigenvalue weighted by atomic mass is 10.1. The molecule has 2 aliphatic carbocycles. The van der Waals surface area contributed by atoms with Gasteiger partial charge in [0.1, 0.15) is 0 Å². The van der Waals surface area contributed by atoms with E-state index in [4.69, 9.17) is 0 Å². The van der Waals surface area contributed by atoms with E-state index in [-0.39, 0.29) is 17.9 Å². The molecule has 4 nitrogen and oxygen atoms in total. The Balaban J connectivity index is 1.31. The van der Waals surface area contributed by atoms with Crippen LogP contribution in [-0.2, 0) is 11.2 Å². The molecule has 0 bridgehead atoms. The van der Waals surface area contributed by atoms with Gasteiger partial charge in [-0.15, -0.1) is 0 Å².